The van der Waals surface area contributed by atoms with Crippen molar-refractivity contribution in [3.63, 3.8) is 0 Å². The largest absolute Gasteiger partial charge is 0.456 e. The van der Waals surface area contributed by atoms with Crippen LogP contribution in [0.4, 0.5) is 4.39 Å². The minimum atomic E-state index is -0.580. The summed E-state index contributed by atoms with van der Waals surface area (Å²) in [6.45, 7) is 1.76. The number of carbonyl (C=O) groups is 1. The van der Waals surface area contributed by atoms with Crippen molar-refractivity contribution in [2.75, 3.05) is 0 Å². The summed E-state index contributed by atoms with van der Waals surface area (Å²) in [5.41, 5.74) is 0.607. The fraction of sp³-hybridized carbons (Fsp3) is 0.176. The Morgan fingerprint density at radius 2 is 2.17 bits per heavy atom. The lowest BCUT2D eigenvalue weighted by atomic mass is 10.1. The first-order chi connectivity index (χ1) is 11.0. The quantitative estimate of drug-likeness (QED) is 0.805. The molecule has 0 saturated carbocycles. The van der Waals surface area contributed by atoms with Gasteiger partial charge >= 0.3 is 0 Å². The van der Waals surface area contributed by atoms with Gasteiger partial charge in [-0.15, -0.1) is 0 Å². The molecule has 0 saturated heterocycles. The van der Waals surface area contributed by atoms with Crippen LogP contribution >= 0.6 is 0 Å². The molecule has 1 amide bonds. The summed E-state index contributed by atoms with van der Waals surface area (Å²) >= 11 is 0. The number of nitrogens with one attached hydrogen (secondary N) is 1. The molecular formula is C17H16FN3O2. The number of imidazole rings is 1. The van der Waals surface area contributed by atoms with Crippen LogP contribution in [0.15, 0.2) is 53.2 Å². The van der Waals surface area contributed by atoms with Crippen molar-refractivity contribution in [3.05, 3.63) is 77.5 Å². The van der Waals surface area contributed by atoms with E-state index in [-0.39, 0.29) is 17.5 Å². The highest BCUT2D eigenvalue weighted by Crippen LogP contribution is 2.22. The number of amides is 1. The zero-order valence-corrected chi connectivity index (χ0v) is 12.8. The molecule has 1 atom stereocenters. The minimum absolute atomic E-state index is 0.207. The molecule has 0 bridgehead atoms. The maximum absolute atomic E-state index is 13.6. The Morgan fingerprint density at radius 3 is 2.78 bits per heavy atom. The Morgan fingerprint density at radius 1 is 1.35 bits per heavy atom. The van der Waals surface area contributed by atoms with Crippen molar-refractivity contribution in [1.82, 2.24) is 14.9 Å². The summed E-state index contributed by atoms with van der Waals surface area (Å²) in [6.07, 6.45) is 3.40. The second-order valence-corrected chi connectivity index (χ2v) is 5.27. The number of furan rings is 1. The molecule has 3 aromatic rings. The Labute approximate surface area is 132 Å². The third-order valence-corrected chi connectivity index (χ3v) is 3.54. The van der Waals surface area contributed by atoms with Crippen molar-refractivity contribution in [1.29, 1.82) is 0 Å². The monoisotopic (exact) mass is 313 g/mol. The van der Waals surface area contributed by atoms with Crippen molar-refractivity contribution >= 4 is 5.91 Å². The Bertz CT molecular complexity index is 838. The summed E-state index contributed by atoms with van der Waals surface area (Å²) < 4.78 is 20.7. The van der Waals surface area contributed by atoms with Gasteiger partial charge in [0.1, 0.15) is 23.4 Å². The summed E-state index contributed by atoms with van der Waals surface area (Å²) in [4.78, 5) is 16.7. The molecule has 0 aliphatic heterocycles. The van der Waals surface area contributed by atoms with Crippen molar-refractivity contribution in [3.8, 4) is 0 Å². The van der Waals surface area contributed by atoms with Gasteiger partial charge in [0.2, 0.25) is 0 Å². The normalized spacial score (nSPS) is 12.1. The molecule has 0 radical (unpaired) electrons. The number of nitrogens with zero attached hydrogens (tertiary/aromatic N) is 2. The highest BCUT2D eigenvalue weighted by molar-refractivity contribution is 5.92. The molecule has 0 spiro atoms. The van der Waals surface area contributed by atoms with E-state index in [1.54, 1.807) is 48.1 Å². The third-order valence-electron chi connectivity index (χ3n) is 3.54. The van der Waals surface area contributed by atoms with Gasteiger partial charge in [-0.05, 0) is 36.8 Å². The predicted molar refractivity (Wildman–Crippen MR) is 82.4 cm³/mol. The SMILES string of the molecule is Cc1ccc(C(=O)N[C@H](c2cccc(F)c2)c2nccn2C)o1. The third kappa shape index (κ3) is 3.15. The van der Waals surface area contributed by atoms with E-state index in [2.05, 4.69) is 10.3 Å². The molecule has 3 rings (SSSR count). The number of halogens is 1. The lowest BCUT2D eigenvalue weighted by Crippen LogP contribution is -2.31. The summed E-state index contributed by atoms with van der Waals surface area (Å²) in [7, 11) is 1.82. The highest BCUT2D eigenvalue weighted by atomic mass is 19.1. The van der Waals surface area contributed by atoms with Gasteiger partial charge < -0.3 is 14.3 Å². The van der Waals surface area contributed by atoms with Gasteiger partial charge in [0.05, 0.1) is 0 Å². The summed E-state index contributed by atoms with van der Waals surface area (Å²) in [6, 6.07) is 8.82. The molecule has 0 aliphatic rings. The van der Waals surface area contributed by atoms with E-state index >= 15 is 0 Å². The zero-order chi connectivity index (χ0) is 16.4. The smallest absolute Gasteiger partial charge is 0.287 e. The summed E-state index contributed by atoms with van der Waals surface area (Å²) in [5.74, 6) is 0.708. The van der Waals surface area contributed by atoms with E-state index in [0.29, 0.717) is 17.1 Å². The van der Waals surface area contributed by atoms with Crippen molar-refractivity contribution in [2.24, 2.45) is 7.05 Å². The molecule has 23 heavy (non-hydrogen) atoms. The molecule has 0 fully saturated rings. The average molecular weight is 313 g/mol. The molecule has 0 aliphatic carbocycles. The molecule has 2 aromatic heterocycles. The van der Waals surface area contributed by atoms with Crippen LogP contribution in [0.5, 0.6) is 0 Å². The lowest BCUT2D eigenvalue weighted by molar-refractivity contribution is 0.0912. The van der Waals surface area contributed by atoms with Crippen LogP contribution < -0.4 is 5.32 Å². The van der Waals surface area contributed by atoms with Crippen LogP contribution in [-0.2, 0) is 7.05 Å². The molecular weight excluding hydrogens is 297 g/mol. The van der Waals surface area contributed by atoms with E-state index in [1.165, 1.54) is 12.1 Å². The maximum Gasteiger partial charge on any atom is 0.287 e. The molecule has 1 N–H and O–H groups in total. The zero-order valence-electron chi connectivity index (χ0n) is 12.8. The van der Waals surface area contributed by atoms with Crippen LogP contribution in [-0.4, -0.2) is 15.5 Å². The minimum Gasteiger partial charge on any atom is -0.456 e. The second kappa shape index (κ2) is 6.08. The van der Waals surface area contributed by atoms with Crippen LogP contribution in [0.3, 0.4) is 0 Å². The lowest BCUT2D eigenvalue weighted by Gasteiger charge is -2.18. The first-order valence-electron chi connectivity index (χ1n) is 7.14. The number of benzene rings is 1. The van der Waals surface area contributed by atoms with Gasteiger partial charge in [0, 0.05) is 19.4 Å². The molecule has 5 nitrogen and oxygen atoms in total. The van der Waals surface area contributed by atoms with Gasteiger partial charge in [-0.2, -0.15) is 0 Å². The standard InChI is InChI=1S/C17H16FN3O2/c1-11-6-7-14(23-11)17(22)20-15(16-19-8-9-21(16)2)12-4-3-5-13(18)10-12/h3-10,15H,1-2H3,(H,20,22)/t15-/m1/s1. The highest BCUT2D eigenvalue weighted by Gasteiger charge is 2.23. The van der Waals surface area contributed by atoms with Crippen molar-refractivity contribution < 1.29 is 13.6 Å². The number of rotatable bonds is 4. The van der Waals surface area contributed by atoms with Crippen LogP contribution in [0.25, 0.3) is 0 Å². The number of aromatic nitrogens is 2. The molecule has 1 aromatic carbocycles. The maximum atomic E-state index is 13.6. The van der Waals surface area contributed by atoms with Gasteiger partial charge in [-0.1, -0.05) is 12.1 Å². The fourth-order valence-electron chi connectivity index (χ4n) is 2.40. The Kier molecular flexibility index (Phi) is 3.97. The first kappa shape index (κ1) is 15.0. The van der Waals surface area contributed by atoms with E-state index in [4.69, 9.17) is 4.42 Å². The van der Waals surface area contributed by atoms with Crippen LogP contribution in [0.2, 0.25) is 0 Å². The van der Waals surface area contributed by atoms with Crippen LogP contribution in [0, 0.1) is 12.7 Å². The van der Waals surface area contributed by atoms with Crippen LogP contribution in [0.1, 0.15) is 33.7 Å². The predicted octanol–water partition coefficient (Wildman–Crippen LogP) is 2.98. The first-order valence-corrected chi connectivity index (χ1v) is 7.14. The van der Waals surface area contributed by atoms with Crippen molar-refractivity contribution in [2.45, 2.75) is 13.0 Å². The van der Waals surface area contributed by atoms with E-state index in [1.807, 2.05) is 7.05 Å². The number of aryl methyl sites for hydroxylation is 2. The molecule has 0 unspecified atom stereocenters. The van der Waals surface area contributed by atoms with E-state index in [9.17, 15) is 9.18 Å². The number of carbonyl (C=O) groups excluding carboxylic acids is 1. The van der Waals surface area contributed by atoms with Gasteiger partial charge in [0.15, 0.2) is 5.76 Å². The van der Waals surface area contributed by atoms with Gasteiger partial charge in [0.25, 0.3) is 5.91 Å². The molecule has 2 heterocycles. The van der Waals surface area contributed by atoms with Gasteiger partial charge in [-0.25, -0.2) is 9.37 Å². The second-order valence-electron chi connectivity index (χ2n) is 5.27. The Hall–Kier alpha value is -2.89. The summed E-state index contributed by atoms with van der Waals surface area (Å²) in [5, 5.41) is 2.85. The molecule has 118 valence electrons. The molecule has 6 heteroatoms. The number of hydrogen-bond acceptors (Lipinski definition) is 3. The average Bonchev–Trinajstić information content (AvgIpc) is 3.13. The Balaban J connectivity index is 1.96. The topological polar surface area (TPSA) is 60.1 Å². The van der Waals surface area contributed by atoms with E-state index < -0.39 is 6.04 Å². The fourth-order valence-corrected chi connectivity index (χ4v) is 2.40. The number of hydrogen-bond donors (Lipinski definition) is 1. The van der Waals surface area contributed by atoms with E-state index in [0.717, 1.165) is 0 Å². The van der Waals surface area contributed by atoms with Gasteiger partial charge in [-0.3, -0.25) is 4.79 Å².